The lowest BCUT2D eigenvalue weighted by Gasteiger charge is -2.37. The molecule has 4 aromatic rings. The minimum absolute atomic E-state index is 0.0432. The van der Waals surface area contributed by atoms with Gasteiger partial charge in [-0.15, -0.1) is 0 Å². The van der Waals surface area contributed by atoms with E-state index < -0.39 is 35.9 Å². The highest BCUT2D eigenvalue weighted by Crippen LogP contribution is 2.36. The zero-order chi connectivity index (χ0) is 29.6. The highest BCUT2D eigenvalue weighted by atomic mass is 19.2. The minimum atomic E-state index is -2.72. The predicted molar refractivity (Wildman–Crippen MR) is 148 cm³/mol. The molecular formula is C31H32F3N3O5. The molecule has 2 aromatic carbocycles. The van der Waals surface area contributed by atoms with Gasteiger partial charge in [0.1, 0.15) is 11.3 Å². The number of benzene rings is 2. The van der Waals surface area contributed by atoms with E-state index in [0.29, 0.717) is 49.7 Å². The highest BCUT2D eigenvalue weighted by Gasteiger charge is 2.49. The summed E-state index contributed by atoms with van der Waals surface area (Å²) in [6.45, 7) is 0.691. The van der Waals surface area contributed by atoms with Crippen molar-refractivity contribution in [3.8, 4) is 11.5 Å². The third-order valence-electron chi connectivity index (χ3n) is 8.50. The molecular weight excluding hydrogens is 551 g/mol. The number of aromatic nitrogens is 2. The number of likely N-dealkylation sites (tertiary alicyclic amines) is 1. The lowest BCUT2D eigenvalue weighted by Crippen LogP contribution is -2.54. The number of carbonyl (C=O) groups excluding carboxylic acids is 2. The molecule has 1 aliphatic heterocycles. The number of hydrogen-bond acceptors (Lipinski definition) is 7. The second-order valence-electron chi connectivity index (χ2n) is 11.2. The molecule has 2 fully saturated rings. The number of ether oxygens (including phenoxy) is 2. The fraction of sp³-hybridized carbons (Fsp3) is 0.452. The van der Waals surface area contributed by atoms with Gasteiger partial charge in [0.05, 0.1) is 24.7 Å². The van der Waals surface area contributed by atoms with Gasteiger partial charge in [-0.25, -0.2) is 18.7 Å². The van der Waals surface area contributed by atoms with Gasteiger partial charge in [-0.3, -0.25) is 9.59 Å². The number of ketones is 1. The smallest absolute Gasteiger partial charge is 0.330 e. The fourth-order valence-corrected chi connectivity index (χ4v) is 6.19. The molecule has 8 nitrogen and oxygen atoms in total. The summed E-state index contributed by atoms with van der Waals surface area (Å²) in [4.78, 5) is 31.2. The fourth-order valence-electron chi connectivity index (χ4n) is 6.19. The molecule has 1 saturated heterocycles. The SMILES string of the molecule is COC(=O)C1CCC(OC(F)(C(=O)Cc2ccc3nc(-c4cn(C)c5ccc(F)cc45)oc3c2F)N2CCCC2)CC1. The van der Waals surface area contributed by atoms with Crippen LogP contribution in [0, 0.1) is 17.6 Å². The van der Waals surface area contributed by atoms with Crippen LogP contribution in [0.3, 0.4) is 0 Å². The van der Waals surface area contributed by atoms with E-state index in [4.69, 9.17) is 13.9 Å². The summed E-state index contributed by atoms with van der Waals surface area (Å²) >= 11 is 0. The van der Waals surface area contributed by atoms with Gasteiger partial charge in [0.25, 0.3) is 0 Å². The summed E-state index contributed by atoms with van der Waals surface area (Å²) in [6.07, 6.45) is 3.82. The standard InChI is InChI=1S/C31H32F3N3O5/c1-36-17-23(22-16-20(32)8-12-25(22)36)29-35-24-11-7-19(27(33)28(24)41-29)15-26(38)31(34,37-13-3-4-14-37)42-21-9-5-18(6-10-21)30(39)40-2/h7-8,11-12,16-18,21H,3-6,9-10,13-15H2,1-2H3. The maximum Gasteiger partial charge on any atom is 0.330 e. The predicted octanol–water partition coefficient (Wildman–Crippen LogP) is 5.84. The first-order valence-electron chi connectivity index (χ1n) is 14.2. The number of oxazole rings is 1. The normalized spacial score (nSPS) is 21.2. The molecule has 2 aliphatic rings. The zero-order valence-corrected chi connectivity index (χ0v) is 23.5. The monoisotopic (exact) mass is 583 g/mol. The third-order valence-corrected chi connectivity index (χ3v) is 8.50. The van der Waals surface area contributed by atoms with Gasteiger partial charge in [-0.1, -0.05) is 6.07 Å². The van der Waals surface area contributed by atoms with Crippen LogP contribution in [0.4, 0.5) is 13.2 Å². The summed E-state index contributed by atoms with van der Waals surface area (Å²) < 4.78 is 64.6. The number of methoxy groups -OCH3 is 1. The number of Topliss-reactive ketones (excluding diaryl/α,β-unsaturated/α-hetero) is 1. The molecule has 42 heavy (non-hydrogen) atoms. The summed E-state index contributed by atoms with van der Waals surface area (Å²) in [5.41, 5.74) is 1.25. The van der Waals surface area contributed by atoms with E-state index in [-0.39, 0.29) is 34.4 Å². The van der Waals surface area contributed by atoms with Gasteiger partial charge in [0.15, 0.2) is 11.4 Å². The van der Waals surface area contributed by atoms with Crippen LogP contribution in [0.25, 0.3) is 33.5 Å². The molecule has 0 spiro atoms. The molecule has 0 radical (unpaired) electrons. The Bertz CT molecular complexity index is 1650. The Balaban J connectivity index is 1.26. The van der Waals surface area contributed by atoms with E-state index in [2.05, 4.69) is 4.98 Å². The highest BCUT2D eigenvalue weighted by molar-refractivity contribution is 5.95. The van der Waals surface area contributed by atoms with Gasteiger partial charge < -0.3 is 18.5 Å². The molecule has 1 aliphatic carbocycles. The van der Waals surface area contributed by atoms with Crippen LogP contribution in [0.2, 0.25) is 0 Å². The van der Waals surface area contributed by atoms with Gasteiger partial charge in [-0.05, 0) is 68.4 Å². The Morgan fingerprint density at radius 3 is 2.55 bits per heavy atom. The number of alkyl halides is 1. The first-order chi connectivity index (χ1) is 20.2. The average Bonchev–Trinajstić information content (AvgIpc) is 3.74. The molecule has 1 atom stereocenters. The van der Waals surface area contributed by atoms with Crippen LogP contribution < -0.4 is 0 Å². The summed E-state index contributed by atoms with van der Waals surface area (Å²) in [5, 5.41) is 0.561. The van der Waals surface area contributed by atoms with E-state index >= 15 is 8.78 Å². The largest absolute Gasteiger partial charge is 0.469 e. The number of halogens is 3. The van der Waals surface area contributed by atoms with Crippen molar-refractivity contribution in [3.05, 3.63) is 53.7 Å². The number of aryl methyl sites for hydroxylation is 1. The van der Waals surface area contributed by atoms with E-state index in [1.807, 2.05) is 0 Å². The van der Waals surface area contributed by atoms with Crippen molar-refractivity contribution in [1.29, 1.82) is 0 Å². The van der Waals surface area contributed by atoms with E-state index in [1.165, 1.54) is 36.3 Å². The number of nitrogens with zero attached hydrogens (tertiary/aromatic N) is 3. The Labute approximate surface area is 240 Å². The molecule has 222 valence electrons. The Morgan fingerprint density at radius 1 is 1.10 bits per heavy atom. The van der Waals surface area contributed by atoms with E-state index in [9.17, 15) is 14.0 Å². The van der Waals surface area contributed by atoms with Crippen LogP contribution in [-0.4, -0.2) is 58.5 Å². The molecule has 3 heterocycles. The lowest BCUT2D eigenvalue weighted by atomic mass is 9.87. The molecule has 6 rings (SSSR count). The number of fused-ring (bicyclic) bond motifs is 2. The van der Waals surface area contributed by atoms with Crippen LogP contribution in [-0.2, 0) is 32.5 Å². The summed E-state index contributed by atoms with van der Waals surface area (Å²) in [5.74, 6) is -5.33. The summed E-state index contributed by atoms with van der Waals surface area (Å²) in [6, 6.07) is 7.27. The zero-order valence-electron chi connectivity index (χ0n) is 23.5. The third kappa shape index (κ3) is 5.09. The maximum atomic E-state index is 16.6. The molecule has 0 bridgehead atoms. The van der Waals surface area contributed by atoms with Gasteiger partial charge in [-0.2, -0.15) is 4.39 Å². The van der Waals surface area contributed by atoms with Crippen LogP contribution in [0.1, 0.15) is 44.1 Å². The topological polar surface area (TPSA) is 86.8 Å². The second-order valence-corrected chi connectivity index (χ2v) is 11.2. The van der Waals surface area contributed by atoms with Crippen LogP contribution in [0.5, 0.6) is 0 Å². The Morgan fingerprint density at radius 2 is 1.83 bits per heavy atom. The summed E-state index contributed by atoms with van der Waals surface area (Å²) in [7, 11) is 3.14. The molecule has 11 heteroatoms. The van der Waals surface area contributed by atoms with Crippen LogP contribution >= 0.6 is 0 Å². The lowest BCUT2D eigenvalue weighted by molar-refractivity contribution is -0.252. The van der Waals surface area contributed by atoms with Crippen molar-refractivity contribution in [2.75, 3.05) is 20.2 Å². The molecule has 0 N–H and O–H groups in total. The second kappa shape index (κ2) is 11.2. The van der Waals surface area contributed by atoms with Crippen molar-refractivity contribution in [2.24, 2.45) is 13.0 Å². The van der Waals surface area contributed by atoms with Crippen molar-refractivity contribution >= 4 is 33.8 Å². The van der Waals surface area contributed by atoms with E-state index in [0.717, 1.165) is 18.4 Å². The van der Waals surface area contributed by atoms with Crippen molar-refractivity contribution in [3.63, 3.8) is 0 Å². The van der Waals surface area contributed by atoms with Gasteiger partial charge in [0, 0.05) is 43.7 Å². The van der Waals surface area contributed by atoms with E-state index in [1.54, 1.807) is 23.9 Å². The van der Waals surface area contributed by atoms with Crippen LogP contribution in [0.15, 0.2) is 40.9 Å². The molecule has 2 aromatic heterocycles. The molecule has 0 amide bonds. The van der Waals surface area contributed by atoms with Crippen molar-refractivity contribution in [2.45, 2.75) is 57.0 Å². The Hall–Kier alpha value is -3.70. The number of hydrogen-bond donors (Lipinski definition) is 0. The Kier molecular flexibility index (Phi) is 7.57. The quantitative estimate of drug-likeness (QED) is 0.190. The van der Waals surface area contributed by atoms with Crippen molar-refractivity contribution in [1.82, 2.24) is 14.5 Å². The minimum Gasteiger partial charge on any atom is -0.469 e. The number of carbonyl (C=O) groups is 2. The molecule has 1 saturated carbocycles. The maximum absolute atomic E-state index is 16.6. The van der Waals surface area contributed by atoms with Gasteiger partial charge in [0.2, 0.25) is 11.7 Å². The first-order valence-corrected chi connectivity index (χ1v) is 14.2. The molecule has 1 unspecified atom stereocenters. The first kappa shape index (κ1) is 28.4. The average molecular weight is 584 g/mol. The van der Waals surface area contributed by atoms with Gasteiger partial charge >= 0.3 is 11.9 Å². The number of rotatable bonds is 8. The number of esters is 1. The van der Waals surface area contributed by atoms with Crippen molar-refractivity contribution < 1.29 is 36.7 Å².